The van der Waals surface area contributed by atoms with Crippen LogP contribution in [0.25, 0.3) is 0 Å². The number of aliphatic carboxylic acids is 1. The fourth-order valence-electron chi connectivity index (χ4n) is 2.55. The molecule has 0 radical (unpaired) electrons. The highest BCUT2D eigenvalue weighted by Gasteiger charge is 2.36. The minimum Gasteiger partial charge on any atom is -0.481 e. The summed E-state index contributed by atoms with van der Waals surface area (Å²) in [7, 11) is 0. The van der Waals surface area contributed by atoms with E-state index in [-0.39, 0.29) is 18.5 Å². The van der Waals surface area contributed by atoms with E-state index in [4.69, 9.17) is 5.11 Å². The third-order valence-electron chi connectivity index (χ3n) is 3.91. The van der Waals surface area contributed by atoms with Crippen LogP contribution in [0.4, 0.5) is 4.79 Å². The number of carboxylic acid groups (broad SMARTS) is 1. The summed E-state index contributed by atoms with van der Waals surface area (Å²) in [6.45, 7) is 5.12. The molecule has 2 atom stereocenters. The first kappa shape index (κ1) is 14.4. The maximum absolute atomic E-state index is 12.1. The molecule has 1 heterocycles. The van der Waals surface area contributed by atoms with E-state index in [1.54, 1.807) is 4.90 Å². The van der Waals surface area contributed by atoms with Crippen molar-refractivity contribution in [2.75, 3.05) is 13.1 Å². The number of carbonyl (C=O) groups excluding carboxylic acids is 1. The van der Waals surface area contributed by atoms with Gasteiger partial charge < -0.3 is 15.3 Å². The average molecular weight is 276 g/mol. The zero-order valence-corrected chi connectivity index (χ0v) is 11.8. The fourth-order valence-corrected chi connectivity index (χ4v) is 2.55. The van der Waals surface area contributed by atoms with Gasteiger partial charge in [-0.2, -0.15) is 0 Å². The molecule has 20 heavy (non-hydrogen) atoms. The van der Waals surface area contributed by atoms with Crippen molar-refractivity contribution in [3.05, 3.63) is 35.4 Å². The number of hydrogen-bond donors (Lipinski definition) is 2. The second kappa shape index (κ2) is 5.94. The van der Waals surface area contributed by atoms with Gasteiger partial charge in [0.15, 0.2) is 0 Å². The molecule has 2 amide bonds. The van der Waals surface area contributed by atoms with E-state index in [0.717, 1.165) is 11.1 Å². The first-order valence-electron chi connectivity index (χ1n) is 6.79. The van der Waals surface area contributed by atoms with Crippen molar-refractivity contribution in [3.8, 4) is 0 Å². The molecule has 1 aromatic carbocycles. The summed E-state index contributed by atoms with van der Waals surface area (Å²) in [6.07, 6.45) is 0. The third kappa shape index (κ3) is 3.10. The van der Waals surface area contributed by atoms with Crippen LogP contribution >= 0.6 is 0 Å². The van der Waals surface area contributed by atoms with Crippen LogP contribution in [0.3, 0.4) is 0 Å². The number of rotatable bonds is 3. The number of amides is 2. The number of nitrogens with one attached hydrogen (secondary N) is 1. The van der Waals surface area contributed by atoms with Crippen LogP contribution in [0.1, 0.15) is 18.1 Å². The Morgan fingerprint density at radius 3 is 2.65 bits per heavy atom. The van der Waals surface area contributed by atoms with Crippen LogP contribution in [-0.2, 0) is 11.3 Å². The van der Waals surface area contributed by atoms with Gasteiger partial charge in [-0.1, -0.05) is 31.2 Å². The van der Waals surface area contributed by atoms with Crippen molar-refractivity contribution in [1.29, 1.82) is 0 Å². The van der Waals surface area contributed by atoms with E-state index in [2.05, 4.69) is 5.32 Å². The molecule has 0 aromatic heterocycles. The first-order valence-corrected chi connectivity index (χ1v) is 6.79. The van der Waals surface area contributed by atoms with Gasteiger partial charge in [-0.05, 0) is 24.0 Å². The summed E-state index contributed by atoms with van der Waals surface area (Å²) in [5.74, 6) is -1.29. The molecule has 1 saturated heterocycles. The Bertz CT molecular complexity index is 516. The number of carbonyl (C=O) groups is 2. The van der Waals surface area contributed by atoms with E-state index in [1.807, 2.05) is 38.1 Å². The molecule has 5 nitrogen and oxygen atoms in total. The highest BCUT2D eigenvalue weighted by molar-refractivity contribution is 5.77. The molecule has 1 aromatic rings. The molecule has 1 aliphatic rings. The second-order valence-electron chi connectivity index (χ2n) is 5.41. The van der Waals surface area contributed by atoms with Crippen LogP contribution in [0.15, 0.2) is 24.3 Å². The summed E-state index contributed by atoms with van der Waals surface area (Å²) in [6, 6.07) is 7.68. The van der Waals surface area contributed by atoms with Gasteiger partial charge in [0.1, 0.15) is 0 Å². The van der Waals surface area contributed by atoms with Crippen molar-refractivity contribution < 1.29 is 14.7 Å². The lowest BCUT2D eigenvalue weighted by Crippen LogP contribution is -2.38. The lowest BCUT2D eigenvalue weighted by Gasteiger charge is -2.17. The Morgan fingerprint density at radius 2 is 2.05 bits per heavy atom. The van der Waals surface area contributed by atoms with Crippen LogP contribution in [0.2, 0.25) is 0 Å². The van der Waals surface area contributed by atoms with E-state index < -0.39 is 11.9 Å². The minimum atomic E-state index is -0.827. The largest absolute Gasteiger partial charge is 0.481 e. The summed E-state index contributed by atoms with van der Waals surface area (Å²) in [4.78, 5) is 24.7. The van der Waals surface area contributed by atoms with Crippen molar-refractivity contribution >= 4 is 12.0 Å². The van der Waals surface area contributed by atoms with Crippen LogP contribution in [0.5, 0.6) is 0 Å². The predicted octanol–water partition coefficient (Wildman–Crippen LogP) is 1.86. The Labute approximate surface area is 118 Å². The lowest BCUT2D eigenvalue weighted by atomic mass is 9.99. The standard InChI is InChI=1S/C15H20N2O3/c1-10-5-3-4-6-12(10)7-16-15(20)17-8-11(2)13(9-17)14(18)19/h3-6,11,13H,7-9H2,1-2H3,(H,16,20)(H,18,19)/t11-,13-/m1/s1. The van der Waals surface area contributed by atoms with Gasteiger partial charge in [0.05, 0.1) is 5.92 Å². The molecule has 0 saturated carbocycles. The van der Waals surface area contributed by atoms with Crippen LogP contribution in [-0.4, -0.2) is 35.1 Å². The molecule has 2 rings (SSSR count). The Morgan fingerprint density at radius 1 is 1.35 bits per heavy atom. The molecule has 5 heteroatoms. The quantitative estimate of drug-likeness (QED) is 0.885. The molecular weight excluding hydrogens is 256 g/mol. The van der Waals surface area contributed by atoms with Crippen molar-refractivity contribution in [2.45, 2.75) is 20.4 Å². The Hall–Kier alpha value is -2.04. The second-order valence-corrected chi connectivity index (χ2v) is 5.41. The molecule has 1 fully saturated rings. The number of hydrogen-bond acceptors (Lipinski definition) is 2. The topological polar surface area (TPSA) is 69.6 Å². The summed E-state index contributed by atoms with van der Waals surface area (Å²) >= 11 is 0. The normalized spacial score (nSPS) is 21.8. The van der Waals surface area contributed by atoms with Crippen molar-refractivity contribution in [1.82, 2.24) is 10.2 Å². The summed E-state index contributed by atoms with van der Waals surface area (Å²) in [5.41, 5.74) is 2.20. The van der Waals surface area contributed by atoms with Gasteiger partial charge in [-0.3, -0.25) is 4.79 Å². The number of carboxylic acids is 1. The van der Waals surface area contributed by atoms with E-state index >= 15 is 0 Å². The number of benzene rings is 1. The van der Waals surface area contributed by atoms with Crippen molar-refractivity contribution in [2.24, 2.45) is 11.8 Å². The zero-order valence-electron chi connectivity index (χ0n) is 11.8. The Balaban J connectivity index is 1.90. The predicted molar refractivity (Wildman–Crippen MR) is 75.3 cm³/mol. The van der Waals surface area contributed by atoms with Gasteiger partial charge in [-0.25, -0.2) is 4.79 Å². The van der Waals surface area contributed by atoms with E-state index in [1.165, 1.54) is 0 Å². The van der Waals surface area contributed by atoms with Crippen molar-refractivity contribution in [3.63, 3.8) is 0 Å². The van der Waals surface area contributed by atoms with Gasteiger partial charge in [0.2, 0.25) is 0 Å². The summed E-state index contributed by atoms with van der Waals surface area (Å²) in [5, 5.41) is 11.9. The summed E-state index contributed by atoms with van der Waals surface area (Å²) < 4.78 is 0. The fraction of sp³-hybridized carbons (Fsp3) is 0.467. The maximum atomic E-state index is 12.1. The smallest absolute Gasteiger partial charge is 0.317 e. The molecule has 2 N–H and O–H groups in total. The van der Waals surface area contributed by atoms with E-state index in [9.17, 15) is 9.59 Å². The van der Waals surface area contributed by atoms with Crippen LogP contribution < -0.4 is 5.32 Å². The molecular formula is C15H20N2O3. The molecule has 0 aliphatic carbocycles. The molecule has 1 aliphatic heterocycles. The molecule has 0 spiro atoms. The molecule has 0 unspecified atom stereocenters. The number of nitrogens with zero attached hydrogens (tertiary/aromatic N) is 1. The third-order valence-corrected chi connectivity index (χ3v) is 3.91. The SMILES string of the molecule is Cc1ccccc1CNC(=O)N1C[C@@H](C)[C@H](C(=O)O)C1. The maximum Gasteiger partial charge on any atom is 0.317 e. The van der Waals surface area contributed by atoms with Gasteiger partial charge in [-0.15, -0.1) is 0 Å². The minimum absolute atomic E-state index is 0.00305. The van der Waals surface area contributed by atoms with Gasteiger partial charge >= 0.3 is 12.0 Å². The number of urea groups is 1. The highest BCUT2D eigenvalue weighted by atomic mass is 16.4. The first-order chi connectivity index (χ1) is 9.49. The highest BCUT2D eigenvalue weighted by Crippen LogP contribution is 2.23. The van der Waals surface area contributed by atoms with Gasteiger partial charge in [0.25, 0.3) is 0 Å². The number of likely N-dealkylation sites (tertiary alicyclic amines) is 1. The molecule has 0 bridgehead atoms. The van der Waals surface area contributed by atoms with E-state index in [0.29, 0.717) is 13.1 Å². The molecule has 108 valence electrons. The zero-order chi connectivity index (χ0) is 14.7. The Kier molecular flexibility index (Phi) is 4.27. The average Bonchev–Trinajstić information content (AvgIpc) is 2.80. The monoisotopic (exact) mass is 276 g/mol. The van der Waals surface area contributed by atoms with Gasteiger partial charge in [0, 0.05) is 19.6 Å². The lowest BCUT2D eigenvalue weighted by molar-refractivity contribution is -0.142. The van der Waals surface area contributed by atoms with Crippen LogP contribution in [0, 0.1) is 18.8 Å². The number of aryl methyl sites for hydroxylation is 1.